The second-order valence-corrected chi connectivity index (χ2v) is 2.51. The molecule has 0 spiro atoms. The smallest absolute Gasteiger partial charge is 0.176 e. The summed E-state index contributed by atoms with van der Waals surface area (Å²) in [5.74, 6) is -0.764. The maximum atomic E-state index is 13.2. The number of benzene rings is 1. The van der Waals surface area contributed by atoms with Gasteiger partial charge in [-0.05, 0) is 17.7 Å². The quantitative estimate of drug-likeness (QED) is 0.411. The topological polar surface area (TPSA) is 58.0 Å². The van der Waals surface area contributed by atoms with Crippen LogP contribution in [0.25, 0.3) is 10.4 Å². The highest BCUT2D eigenvalue weighted by Gasteiger charge is 2.10. The number of nitrogens with zero attached hydrogens (tertiary/aromatic N) is 3. The van der Waals surface area contributed by atoms with Gasteiger partial charge in [-0.1, -0.05) is 16.7 Å². The summed E-state index contributed by atoms with van der Waals surface area (Å²) in [6.45, 7) is 0. The van der Waals surface area contributed by atoms with E-state index in [-0.39, 0.29) is 16.5 Å². The Hall–Kier alpha value is -1.45. The zero-order valence-corrected chi connectivity index (χ0v) is 7.42. The van der Waals surface area contributed by atoms with Crippen LogP contribution in [0.15, 0.2) is 17.2 Å². The van der Waals surface area contributed by atoms with Gasteiger partial charge in [-0.25, -0.2) is 4.39 Å². The largest absolute Gasteiger partial charge is 0.494 e. The van der Waals surface area contributed by atoms with Crippen molar-refractivity contribution in [3.05, 3.63) is 33.4 Å². The summed E-state index contributed by atoms with van der Waals surface area (Å²) in [5.41, 5.74) is 7.88. The van der Waals surface area contributed by atoms with Gasteiger partial charge in [0.15, 0.2) is 11.6 Å². The normalized spacial score (nSPS) is 9.15. The molecular formula is C7H5ClFN3O. The third kappa shape index (κ3) is 1.83. The zero-order valence-electron chi connectivity index (χ0n) is 6.66. The molecule has 0 aliphatic carbocycles. The van der Waals surface area contributed by atoms with Crippen LogP contribution < -0.4 is 4.74 Å². The molecule has 13 heavy (non-hydrogen) atoms. The van der Waals surface area contributed by atoms with E-state index in [0.717, 1.165) is 0 Å². The van der Waals surface area contributed by atoms with Gasteiger partial charge in [0.25, 0.3) is 0 Å². The van der Waals surface area contributed by atoms with Crippen molar-refractivity contribution in [1.82, 2.24) is 0 Å². The molecule has 68 valence electrons. The van der Waals surface area contributed by atoms with Crippen molar-refractivity contribution < 1.29 is 9.13 Å². The minimum Gasteiger partial charge on any atom is -0.494 e. The van der Waals surface area contributed by atoms with Gasteiger partial charge in [0.2, 0.25) is 0 Å². The number of halogens is 2. The van der Waals surface area contributed by atoms with Crippen LogP contribution in [0, 0.1) is 5.82 Å². The molecule has 0 amide bonds. The summed E-state index contributed by atoms with van der Waals surface area (Å²) >= 11 is 5.58. The molecule has 0 radical (unpaired) electrons. The number of hydrogen-bond donors (Lipinski definition) is 0. The second-order valence-electron chi connectivity index (χ2n) is 2.10. The first kappa shape index (κ1) is 9.64. The van der Waals surface area contributed by atoms with E-state index in [2.05, 4.69) is 14.8 Å². The molecule has 0 N–H and O–H groups in total. The summed E-state index contributed by atoms with van der Waals surface area (Å²) in [6, 6.07) is 2.75. The Bertz CT molecular complexity index is 376. The lowest BCUT2D eigenvalue weighted by Crippen LogP contribution is -1.87. The third-order valence-electron chi connectivity index (χ3n) is 1.40. The van der Waals surface area contributed by atoms with Crippen molar-refractivity contribution in [3.8, 4) is 5.75 Å². The molecule has 1 rings (SSSR count). The fourth-order valence-corrected chi connectivity index (χ4v) is 1.00. The van der Waals surface area contributed by atoms with Crippen molar-refractivity contribution in [2.45, 2.75) is 0 Å². The molecule has 1 aromatic rings. The van der Waals surface area contributed by atoms with Crippen LogP contribution in [0.5, 0.6) is 5.75 Å². The predicted molar refractivity (Wildman–Crippen MR) is 46.8 cm³/mol. The van der Waals surface area contributed by atoms with Gasteiger partial charge in [-0.15, -0.1) is 0 Å². The first-order valence-electron chi connectivity index (χ1n) is 3.27. The number of ether oxygens (including phenoxy) is 1. The van der Waals surface area contributed by atoms with Gasteiger partial charge in [0.05, 0.1) is 17.8 Å². The van der Waals surface area contributed by atoms with E-state index in [1.54, 1.807) is 0 Å². The average Bonchev–Trinajstić information content (AvgIpc) is 2.12. The van der Waals surface area contributed by atoms with Crippen LogP contribution in [0.2, 0.25) is 5.02 Å². The maximum Gasteiger partial charge on any atom is 0.176 e. The molecule has 0 aromatic heterocycles. The minimum atomic E-state index is -0.757. The average molecular weight is 202 g/mol. The Morgan fingerprint density at radius 1 is 1.62 bits per heavy atom. The van der Waals surface area contributed by atoms with E-state index in [9.17, 15) is 4.39 Å². The summed E-state index contributed by atoms with van der Waals surface area (Å²) in [6.07, 6.45) is 0. The van der Waals surface area contributed by atoms with Gasteiger partial charge < -0.3 is 4.74 Å². The minimum absolute atomic E-state index is 0.00759. The number of methoxy groups -OCH3 is 1. The standard InChI is InChI=1S/C7H5ClFN3O/c1-13-5-3-2-4(8)7(6(5)9)11-12-10/h2-3H,1H3. The summed E-state index contributed by atoms with van der Waals surface area (Å²) < 4.78 is 17.9. The highest BCUT2D eigenvalue weighted by molar-refractivity contribution is 6.33. The Morgan fingerprint density at radius 3 is 2.85 bits per heavy atom. The Balaban J connectivity index is 3.37. The Morgan fingerprint density at radius 2 is 2.31 bits per heavy atom. The zero-order chi connectivity index (χ0) is 9.84. The van der Waals surface area contributed by atoms with Gasteiger partial charge in [-0.2, -0.15) is 0 Å². The van der Waals surface area contributed by atoms with E-state index in [1.165, 1.54) is 19.2 Å². The van der Waals surface area contributed by atoms with Gasteiger partial charge >= 0.3 is 0 Å². The molecule has 0 aliphatic rings. The van der Waals surface area contributed by atoms with Crippen LogP contribution >= 0.6 is 11.6 Å². The molecule has 0 heterocycles. The Kier molecular flexibility index (Phi) is 2.95. The lowest BCUT2D eigenvalue weighted by atomic mass is 10.3. The van der Waals surface area contributed by atoms with Crippen molar-refractivity contribution in [2.24, 2.45) is 5.11 Å². The molecule has 4 nitrogen and oxygen atoms in total. The fraction of sp³-hybridized carbons (Fsp3) is 0.143. The lowest BCUT2D eigenvalue weighted by Gasteiger charge is -2.04. The second kappa shape index (κ2) is 3.98. The maximum absolute atomic E-state index is 13.2. The predicted octanol–water partition coefficient (Wildman–Crippen LogP) is 3.43. The number of rotatable bonds is 2. The van der Waals surface area contributed by atoms with Crippen molar-refractivity contribution in [3.63, 3.8) is 0 Å². The molecule has 0 saturated carbocycles. The first-order valence-corrected chi connectivity index (χ1v) is 3.65. The van der Waals surface area contributed by atoms with Gasteiger partial charge in [0, 0.05) is 4.91 Å². The summed E-state index contributed by atoms with van der Waals surface area (Å²) in [4.78, 5) is 2.45. The SMILES string of the molecule is COc1ccc(Cl)c(N=[N+]=[N-])c1F. The van der Waals surface area contributed by atoms with Crippen LogP contribution in [0.4, 0.5) is 10.1 Å². The van der Waals surface area contributed by atoms with Crippen molar-refractivity contribution in [2.75, 3.05) is 7.11 Å². The molecule has 1 aromatic carbocycles. The third-order valence-corrected chi connectivity index (χ3v) is 1.70. The summed E-state index contributed by atoms with van der Waals surface area (Å²) in [5, 5.41) is 3.16. The molecule has 0 bridgehead atoms. The van der Waals surface area contributed by atoms with E-state index in [1.807, 2.05) is 0 Å². The molecule has 0 saturated heterocycles. The number of azide groups is 1. The van der Waals surface area contributed by atoms with Crippen molar-refractivity contribution >= 4 is 17.3 Å². The molecule has 0 fully saturated rings. The van der Waals surface area contributed by atoms with Crippen LogP contribution in [-0.4, -0.2) is 7.11 Å². The fourth-order valence-electron chi connectivity index (χ4n) is 0.817. The van der Waals surface area contributed by atoms with E-state index in [4.69, 9.17) is 17.1 Å². The molecule has 6 heteroatoms. The van der Waals surface area contributed by atoms with Crippen molar-refractivity contribution in [1.29, 1.82) is 0 Å². The monoisotopic (exact) mass is 201 g/mol. The van der Waals surface area contributed by atoms with Crippen LogP contribution in [-0.2, 0) is 0 Å². The van der Waals surface area contributed by atoms with Gasteiger partial charge in [-0.3, -0.25) is 0 Å². The van der Waals surface area contributed by atoms with E-state index < -0.39 is 5.82 Å². The molecular weight excluding hydrogens is 197 g/mol. The molecule has 0 atom stereocenters. The van der Waals surface area contributed by atoms with Gasteiger partial charge in [0.1, 0.15) is 0 Å². The highest BCUT2D eigenvalue weighted by Crippen LogP contribution is 2.33. The highest BCUT2D eigenvalue weighted by atomic mass is 35.5. The van der Waals surface area contributed by atoms with E-state index >= 15 is 0 Å². The first-order chi connectivity index (χ1) is 6.20. The lowest BCUT2D eigenvalue weighted by molar-refractivity contribution is 0.387. The number of hydrogen-bond acceptors (Lipinski definition) is 2. The van der Waals surface area contributed by atoms with Crippen LogP contribution in [0.1, 0.15) is 0 Å². The van der Waals surface area contributed by atoms with E-state index in [0.29, 0.717) is 0 Å². The summed E-state index contributed by atoms with van der Waals surface area (Å²) in [7, 11) is 1.31. The Labute approximate surface area is 78.5 Å². The molecule has 0 unspecified atom stereocenters. The molecule has 0 aliphatic heterocycles. The van der Waals surface area contributed by atoms with Crippen LogP contribution in [0.3, 0.4) is 0 Å².